The van der Waals surface area contributed by atoms with Crippen molar-refractivity contribution >= 4 is 17.5 Å². The minimum absolute atomic E-state index is 0.206. The summed E-state index contributed by atoms with van der Waals surface area (Å²) in [6.45, 7) is 2.27. The molecule has 0 atom stereocenters. The Bertz CT molecular complexity index is 460. The second-order valence-corrected chi connectivity index (χ2v) is 3.71. The fourth-order valence-corrected chi connectivity index (χ4v) is 1.49. The summed E-state index contributed by atoms with van der Waals surface area (Å²) in [5.74, 6) is 5.94. The maximum absolute atomic E-state index is 11.8. The van der Waals surface area contributed by atoms with Crippen LogP contribution in [0.4, 0.5) is 0 Å². The molecule has 1 amide bonds. The minimum Gasteiger partial charge on any atom is -0.496 e. The number of nitrogens with one attached hydrogen (secondary N) is 1. The number of ether oxygens (including phenoxy) is 1. The Balaban J connectivity index is 2.72. The van der Waals surface area contributed by atoms with Gasteiger partial charge in [0.25, 0.3) is 5.91 Å². The molecule has 0 aliphatic carbocycles. The van der Waals surface area contributed by atoms with Crippen molar-refractivity contribution in [3.8, 4) is 17.6 Å². The topological polar surface area (TPSA) is 38.3 Å². The molecule has 1 N–H and O–H groups in total. The Labute approximate surface area is 106 Å². The molecule has 1 aromatic rings. The first-order valence-corrected chi connectivity index (χ1v) is 5.58. The van der Waals surface area contributed by atoms with Crippen molar-refractivity contribution in [3.63, 3.8) is 0 Å². The van der Waals surface area contributed by atoms with Gasteiger partial charge in [-0.3, -0.25) is 4.79 Å². The van der Waals surface area contributed by atoms with Crippen LogP contribution in [-0.2, 0) is 0 Å². The third kappa shape index (κ3) is 4.01. The smallest absolute Gasteiger partial charge is 0.255 e. The van der Waals surface area contributed by atoms with E-state index < -0.39 is 0 Å². The van der Waals surface area contributed by atoms with E-state index in [0.29, 0.717) is 29.3 Å². The molecule has 0 heterocycles. The summed E-state index contributed by atoms with van der Waals surface area (Å²) in [6, 6.07) is 4.93. The third-order valence-electron chi connectivity index (χ3n) is 2.12. The molecule has 90 valence electrons. The summed E-state index contributed by atoms with van der Waals surface area (Å²) in [6.07, 6.45) is 0.630. The number of hydrogen-bond acceptors (Lipinski definition) is 2. The van der Waals surface area contributed by atoms with Crippen molar-refractivity contribution in [3.05, 3.63) is 28.8 Å². The van der Waals surface area contributed by atoms with Crippen molar-refractivity contribution in [1.82, 2.24) is 5.32 Å². The monoisotopic (exact) mass is 251 g/mol. The standard InChI is InChI=1S/C13H14ClNO2/c1-3-4-5-8-15-13(16)11-9-10(14)6-7-12(11)17-2/h6-7,9H,5,8H2,1-2H3,(H,15,16). The fraction of sp³-hybridized carbons (Fsp3) is 0.308. The number of hydrogen-bond donors (Lipinski definition) is 1. The molecule has 1 rings (SSSR count). The lowest BCUT2D eigenvalue weighted by atomic mass is 10.2. The van der Waals surface area contributed by atoms with Crippen LogP contribution >= 0.6 is 11.6 Å². The van der Waals surface area contributed by atoms with Crippen molar-refractivity contribution in [2.45, 2.75) is 13.3 Å². The van der Waals surface area contributed by atoms with Gasteiger partial charge in [-0.2, -0.15) is 0 Å². The van der Waals surface area contributed by atoms with E-state index in [1.54, 1.807) is 25.1 Å². The maximum Gasteiger partial charge on any atom is 0.255 e. The van der Waals surface area contributed by atoms with Gasteiger partial charge in [-0.1, -0.05) is 11.6 Å². The molecule has 0 saturated heterocycles. The molecule has 17 heavy (non-hydrogen) atoms. The van der Waals surface area contributed by atoms with Crippen LogP contribution in [0.1, 0.15) is 23.7 Å². The van der Waals surface area contributed by atoms with Crippen LogP contribution in [0.2, 0.25) is 5.02 Å². The predicted molar refractivity (Wildman–Crippen MR) is 68.4 cm³/mol. The van der Waals surface area contributed by atoms with E-state index in [2.05, 4.69) is 17.2 Å². The SMILES string of the molecule is CC#CCCNC(=O)c1cc(Cl)ccc1OC. The lowest BCUT2D eigenvalue weighted by Gasteiger charge is -2.08. The van der Waals surface area contributed by atoms with Gasteiger partial charge in [0.05, 0.1) is 12.7 Å². The largest absolute Gasteiger partial charge is 0.496 e. The molecule has 0 bridgehead atoms. The Morgan fingerprint density at radius 1 is 1.53 bits per heavy atom. The van der Waals surface area contributed by atoms with Crippen LogP contribution in [0.15, 0.2) is 18.2 Å². The zero-order valence-electron chi connectivity index (χ0n) is 9.84. The molecule has 0 spiro atoms. The van der Waals surface area contributed by atoms with Crippen molar-refractivity contribution in [1.29, 1.82) is 0 Å². The summed E-state index contributed by atoms with van der Waals surface area (Å²) in [4.78, 5) is 11.8. The summed E-state index contributed by atoms with van der Waals surface area (Å²) >= 11 is 5.84. The van der Waals surface area contributed by atoms with E-state index in [9.17, 15) is 4.79 Å². The van der Waals surface area contributed by atoms with Gasteiger partial charge in [0.15, 0.2) is 0 Å². The van der Waals surface area contributed by atoms with Gasteiger partial charge < -0.3 is 10.1 Å². The Hall–Kier alpha value is -1.66. The van der Waals surface area contributed by atoms with Crippen LogP contribution in [0.5, 0.6) is 5.75 Å². The van der Waals surface area contributed by atoms with E-state index in [-0.39, 0.29) is 5.91 Å². The van der Waals surface area contributed by atoms with E-state index in [4.69, 9.17) is 16.3 Å². The van der Waals surface area contributed by atoms with Crippen LogP contribution in [0, 0.1) is 11.8 Å². The Morgan fingerprint density at radius 3 is 2.94 bits per heavy atom. The van der Waals surface area contributed by atoms with Crippen molar-refractivity contribution in [2.24, 2.45) is 0 Å². The van der Waals surface area contributed by atoms with Crippen LogP contribution in [0.3, 0.4) is 0 Å². The molecule has 0 aromatic heterocycles. The number of amides is 1. The molecular formula is C13H14ClNO2. The number of methoxy groups -OCH3 is 1. The number of carbonyl (C=O) groups is 1. The average Bonchev–Trinajstić information content (AvgIpc) is 2.34. The van der Waals surface area contributed by atoms with E-state index in [1.165, 1.54) is 7.11 Å². The van der Waals surface area contributed by atoms with Gasteiger partial charge in [0, 0.05) is 18.0 Å². The lowest BCUT2D eigenvalue weighted by molar-refractivity contribution is 0.0951. The first-order valence-electron chi connectivity index (χ1n) is 5.20. The summed E-state index contributed by atoms with van der Waals surface area (Å²) < 4.78 is 5.10. The highest BCUT2D eigenvalue weighted by molar-refractivity contribution is 6.31. The molecule has 1 aromatic carbocycles. The van der Waals surface area contributed by atoms with Gasteiger partial charge >= 0.3 is 0 Å². The second-order valence-electron chi connectivity index (χ2n) is 3.28. The highest BCUT2D eigenvalue weighted by atomic mass is 35.5. The predicted octanol–water partition coefficient (Wildman–Crippen LogP) is 2.49. The summed E-state index contributed by atoms with van der Waals surface area (Å²) in [7, 11) is 1.52. The van der Waals surface area contributed by atoms with E-state index >= 15 is 0 Å². The molecule has 0 radical (unpaired) electrons. The first kappa shape index (κ1) is 13.4. The van der Waals surface area contributed by atoms with E-state index in [1.807, 2.05) is 0 Å². The zero-order valence-corrected chi connectivity index (χ0v) is 10.6. The number of halogens is 1. The number of carbonyl (C=O) groups excluding carboxylic acids is 1. The molecular weight excluding hydrogens is 238 g/mol. The van der Waals surface area contributed by atoms with Gasteiger partial charge in [-0.15, -0.1) is 11.8 Å². The minimum atomic E-state index is -0.206. The average molecular weight is 252 g/mol. The van der Waals surface area contributed by atoms with Gasteiger partial charge in [-0.05, 0) is 25.1 Å². The summed E-state index contributed by atoms with van der Waals surface area (Å²) in [5, 5.41) is 3.26. The number of benzene rings is 1. The highest BCUT2D eigenvalue weighted by Gasteiger charge is 2.11. The molecule has 4 heteroatoms. The first-order chi connectivity index (χ1) is 8.19. The fourth-order valence-electron chi connectivity index (χ4n) is 1.32. The quantitative estimate of drug-likeness (QED) is 0.660. The molecule has 3 nitrogen and oxygen atoms in total. The van der Waals surface area contributed by atoms with Gasteiger partial charge in [0.2, 0.25) is 0 Å². The van der Waals surface area contributed by atoms with Crippen LogP contribution < -0.4 is 10.1 Å². The number of rotatable bonds is 4. The lowest BCUT2D eigenvalue weighted by Crippen LogP contribution is -2.24. The van der Waals surface area contributed by atoms with Crippen LogP contribution in [-0.4, -0.2) is 19.6 Å². The van der Waals surface area contributed by atoms with Crippen molar-refractivity contribution in [2.75, 3.05) is 13.7 Å². The Kier molecular flexibility index (Phi) is 5.38. The van der Waals surface area contributed by atoms with E-state index in [0.717, 1.165) is 0 Å². The zero-order chi connectivity index (χ0) is 12.7. The molecule has 0 aliphatic rings. The van der Waals surface area contributed by atoms with Gasteiger partial charge in [-0.25, -0.2) is 0 Å². The second kappa shape index (κ2) is 6.82. The maximum atomic E-state index is 11.8. The molecule has 0 fully saturated rings. The molecule has 0 saturated carbocycles. The van der Waals surface area contributed by atoms with Crippen molar-refractivity contribution < 1.29 is 9.53 Å². The van der Waals surface area contributed by atoms with Gasteiger partial charge in [0.1, 0.15) is 5.75 Å². The molecule has 0 aliphatic heterocycles. The third-order valence-corrected chi connectivity index (χ3v) is 2.35. The Morgan fingerprint density at radius 2 is 2.29 bits per heavy atom. The summed E-state index contributed by atoms with van der Waals surface area (Å²) in [5.41, 5.74) is 0.435. The molecule has 0 unspecified atom stereocenters. The normalized spacial score (nSPS) is 9.12. The highest BCUT2D eigenvalue weighted by Crippen LogP contribution is 2.22. The van der Waals surface area contributed by atoms with Crippen LogP contribution in [0.25, 0.3) is 0 Å².